The van der Waals surface area contributed by atoms with E-state index in [1.807, 2.05) is 0 Å². The van der Waals surface area contributed by atoms with Crippen LogP contribution in [0.4, 0.5) is 0 Å². The molecule has 3 fully saturated rings. The zero-order chi connectivity index (χ0) is 26.7. The molecule has 36 heavy (non-hydrogen) atoms. The van der Waals surface area contributed by atoms with E-state index in [0.29, 0.717) is 29.8 Å². The number of carbonyl (C=O) groups excluding carboxylic acids is 1. The van der Waals surface area contributed by atoms with E-state index in [4.69, 9.17) is 9.16 Å². The van der Waals surface area contributed by atoms with E-state index in [1.165, 1.54) is 50.4 Å². The summed E-state index contributed by atoms with van der Waals surface area (Å²) in [4.78, 5) is 11.6. The van der Waals surface area contributed by atoms with Gasteiger partial charge in [-0.05, 0) is 111 Å². The van der Waals surface area contributed by atoms with Gasteiger partial charge in [0.1, 0.15) is 0 Å². The van der Waals surface area contributed by atoms with Crippen LogP contribution < -0.4 is 0 Å². The first kappa shape index (κ1) is 29.4. The van der Waals surface area contributed by atoms with Crippen LogP contribution in [0.15, 0.2) is 35.5 Å². The molecule has 0 N–H and O–H groups in total. The lowest BCUT2D eigenvalue weighted by molar-refractivity contribution is -0.140. The fourth-order valence-corrected chi connectivity index (χ4v) is 8.55. The molecule has 0 amide bonds. The van der Waals surface area contributed by atoms with Gasteiger partial charge < -0.3 is 9.16 Å². The summed E-state index contributed by atoms with van der Waals surface area (Å²) in [6.45, 7) is 21.1. The van der Waals surface area contributed by atoms with E-state index >= 15 is 0 Å². The molecule has 3 saturated carbocycles. The van der Waals surface area contributed by atoms with Gasteiger partial charge in [0.25, 0.3) is 0 Å². The Kier molecular flexibility index (Phi) is 9.58. The maximum atomic E-state index is 11.6. The molecule has 3 aliphatic rings. The highest BCUT2D eigenvalue weighted by Gasteiger charge is 2.50. The standard InChI is InChI=1S/C32H54O3Si/c1-23-15-18-27(35-36(8,9)31(3,4)5)22-26(23)17-16-25-13-11-21-32(6)28(19-20-29(25)32)24(2)12-10-14-30(33)34-7/h16-17,24,27-29H,1,10-15,18-22H2,2-9H3/b25-16+,26-17-/t24-,27-,28+,29-,32+/m0/s1. The Balaban J connectivity index is 1.68. The molecule has 3 nitrogen and oxygen atoms in total. The second-order valence-corrected chi connectivity index (χ2v) is 18.6. The minimum Gasteiger partial charge on any atom is -0.469 e. The van der Waals surface area contributed by atoms with Crippen LogP contribution in [-0.4, -0.2) is 27.5 Å². The molecule has 3 aliphatic carbocycles. The number of hydrogen-bond acceptors (Lipinski definition) is 3. The van der Waals surface area contributed by atoms with Crippen molar-refractivity contribution < 1.29 is 14.0 Å². The molecule has 0 aromatic carbocycles. The van der Waals surface area contributed by atoms with Crippen LogP contribution >= 0.6 is 0 Å². The third-order valence-electron chi connectivity index (χ3n) is 10.4. The minimum atomic E-state index is -1.76. The normalized spacial score (nSPS) is 32.6. The van der Waals surface area contributed by atoms with Crippen LogP contribution in [0.5, 0.6) is 0 Å². The van der Waals surface area contributed by atoms with Gasteiger partial charge >= 0.3 is 5.97 Å². The molecular formula is C32H54O3Si. The smallest absolute Gasteiger partial charge is 0.305 e. The largest absolute Gasteiger partial charge is 0.469 e. The highest BCUT2D eigenvalue weighted by atomic mass is 28.4. The Morgan fingerprint density at radius 1 is 1.19 bits per heavy atom. The van der Waals surface area contributed by atoms with Crippen LogP contribution in [-0.2, 0) is 14.0 Å². The maximum Gasteiger partial charge on any atom is 0.305 e. The van der Waals surface area contributed by atoms with E-state index < -0.39 is 8.32 Å². The molecule has 0 spiro atoms. The van der Waals surface area contributed by atoms with Crippen molar-refractivity contribution in [2.75, 3.05) is 7.11 Å². The van der Waals surface area contributed by atoms with E-state index in [-0.39, 0.29) is 11.0 Å². The third kappa shape index (κ3) is 6.65. The number of carbonyl (C=O) groups is 1. The quantitative estimate of drug-likeness (QED) is 0.239. The summed E-state index contributed by atoms with van der Waals surface area (Å²) < 4.78 is 11.6. The summed E-state index contributed by atoms with van der Waals surface area (Å²) in [5.74, 6) is 2.04. The van der Waals surface area contributed by atoms with Crippen molar-refractivity contribution in [3.05, 3.63) is 35.5 Å². The Labute approximate surface area is 223 Å². The molecular weight excluding hydrogens is 460 g/mol. The third-order valence-corrected chi connectivity index (χ3v) is 15.0. The fourth-order valence-electron chi connectivity index (χ4n) is 7.16. The summed E-state index contributed by atoms with van der Waals surface area (Å²) in [7, 11) is -0.272. The van der Waals surface area contributed by atoms with Gasteiger partial charge in [0.2, 0.25) is 0 Å². The molecule has 0 bridgehead atoms. The predicted molar refractivity (Wildman–Crippen MR) is 154 cm³/mol. The van der Waals surface area contributed by atoms with Gasteiger partial charge in [-0.15, -0.1) is 0 Å². The monoisotopic (exact) mass is 514 g/mol. The summed E-state index contributed by atoms with van der Waals surface area (Å²) in [6.07, 6.45) is 17.5. The predicted octanol–water partition coefficient (Wildman–Crippen LogP) is 9.17. The van der Waals surface area contributed by atoms with E-state index in [0.717, 1.165) is 38.0 Å². The summed E-state index contributed by atoms with van der Waals surface area (Å²) in [6, 6.07) is 0. The van der Waals surface area contributed by atoms with E-state index in [9.17, 15) is 4.79 Å². The SMILES string of the molecule is C=C1CC[C@H](O[Si](C)(C)C(C)(C)C)C/C1=C/C=C1\CCC[C@]2(C)[C@@H]([C@@H](C)CCCC(=O)OC)CC[C@@H]12. The number of fused-ring (bicyclic) bond motifs is 1. The lowest BCUT2D eigenvalue weighted by Crippen LogP contribution is -2.44. The molecule has 0 unspecified atom stereocenters. The van der Waals surface area contributed by atoms with Crippen molar-refractivity contribution in [2.45, 2.75) is 129 Å². The lowest BCUT2D eigenvalue weighted by atomic mass is 9.60. The minimum absolute atomic E-state index is 0.0742. The topological polar surface area (TPSA) is 35.5 Å². The van der Waals surface area contributed by atoms with Gasteiger partial charge in [-0.1, -0.05) is 64.5 Å². The Morgan fingerprint density at radius 3 is 2.58 bits per heavy atom. The van der Waals surface area contributed by atoms with Crippen LogP contribution in [0.1, 0.15) is 105 Å². The average Bonchev–Trinajstić information content (AvgIpc) is 3.15. The van der Waals surface area contributed by atoms with Crippen molar-refractivity contribution >= 4 is 14.3 Å². The molecule has 0 saturated heterocycles. The van der Waals surface area contributed by atoms with Gasteiger partial charge in [0.05, 0.1) is 7.11 Å². The van der Waals surface area contributed by atoms with Gasteiger partial charge in [-0.2, -0.15) is 0 Å². The fraction of sp³-hybridized carbons (Fsp3) is 0.781. The van der Waals surface area contributed by atoms with Crippen molar-refractivity contribution in [3.63, 3.8) is 0 Å². The number of hydrogen-bond donors (Lipinski definition) is 0. The molecule has 5 atom stereocenters. The zero-order valence-electron chi connectivity index (χ0n) is 24.7. The van der Waals surface area contributed by atoms with E-state index in [2.05, 4.69) is 66.4 Å². The first-order valence-corrected chi connectivity index (χ1v) is 17.5. The zero-order valence-corrected chi connectivity index (χ0v) is 25.7. The van der Waals surface area contributed by atoms with Crippen molar-refractivity contribution in [2.24, 2.45) is 23.2 Å². The molecule has 0 radical (unpaired) electrons. The first-order chi connectivity index (χ1) is 16.8. The van der Waals surface area contributed by atoms with Gasteiger partial charge in [0, 0.05) is 12.5 Å². The summed E-state index contributed by atoms with van der Waals surface area (Å²) >= 11 is 0. The molecule has 0 heterocycles. The highest BCUT2D eigenvalue weighted by molar-refractivity contribution is 6.74. The van der Waals surface area contributed by atoms with E-state index in [1.54, 1.807) is 5.57 Å². The average molecular weight is 515 g/mol. The second kappa shape index (κ2) is 11.7. The molecule has 0 aromatic heterocycles. The van der Waals surface area contributed by atoms with Crippen molar-refractivity contribution in [3.8, 4) is 0 Å². The second-order valence-electron chi connectivity index (χ2n) is 13.8. The van der Waals surface area contributed by atoms with Gasteiger partial charge in [-0.25, -0.2) is 0 Å². The molecule has 3 rings (SSSR count). The van der Waals surface area contributed by atoms with Crippen LogP contribution in [0.25, 0.3) is 0 Å². The van der Waals surface area contributed by atoms with Crippen molar-refractivity contribution in [1.82, 2.24) is 0 Å². The first-order valence-electron chi connectivity index (χ1n) is 14.6. The highest BCUT2D eigenvalue weighted by Crippen LogP contribution is 2.60. The number of rotatable bonds is 8. The molecule has 0 aliphatic heterocycles. The summed E-state index contributed by atoms with van der Waals surface area (Å²) in [5, 5.41) is 0.245. The Hall–Kier alpha value is -1.13. The molecule has 4 heteroatoms. The number of esters is 1. The maximum absolute atomic E-state index is 11.6. The number of ether oxygens (including phenoxy) is 1. The van der Waals surface area contributed by atoms with Crippen LogP contribution in [0, 0.1) is 23.2 Å². The Morgan fingerprint density at radius 2 is 1.92 bits per heavy atom. The molecule has 204 valence electrons. The van der Waals surface area contributed by atoms with Crippen molar-refractivity contribution in [1.29, 1.82) is 0 Å². The van der Waals surface area contributed by atoms with Crippen LogP contribution in [0.3, 0.4) is 0 Å². The number of allylic oxidation sites excluding steroid dienone is 4. The van der Waals surface area contributed by atoms with Gasteiger partial charge in [-0.3, -0.25) is 4.79 Å². The Bertz CT molecular complexity index is 861. The van der Waals surface area contributed by atoms with Gasteiger partial charge in [0.15, 0.2) is 8.32 Å². The molecule has 0 aromatic rings. The summed E-state index contributed by atoms with van der Waals surface area (Å²) in [5.41, 5.74) is 4.78. The number of methoxy groups -OCH3 is 1. The lowest BCUT2D eigenvalue weighted by Gasteiger charge is -2.44. The van der Waals surface area contributed by atoms with Crippen LogP contribution in [0.2, 0.25) is 18.1 Å².